The van der Waals surface area contributed by atoms with Crippen molar-refractivity contribution in [1.82, 2.24) is 4.98 Å². The summed E-state index contributed by atoms with van der Waals surface area (Å²) in [4.78, 5) is 13.8. The normalized spacial score (nSPS) is 11.6. The van der Waals surface area contributed by atoms with E-state index in [1.165, 1.54) is 0 Å². The molecule has 0 bridgehead atoms. The number of carboxylic acid groups (broad SMARTS) is 1. The molecule has 0 amide bonds. The third-order valence-electron chi connectivity index (χ3n) is 4.44. The Hall–Kier alpha value is -2.87. The molecule has 3 rings (SSSR count). The number of ether oxygens (including phenoxy) is 2. The highest BCUT2D eigenvalue weighted by Crippen LogP contribution is 2.45. The summed E-state index contributed by atoms with van der Waals surface area (Å²) in [5, 5.41) is 9.19. The van der Waals surface area contributed by atoms with E-state index in [1.54, 1.807) is 18.2 Å². The number of aryl methyl sites for hydroxylation is 1. The van der Waals surface area contributed by atoms with E-state index < -0.39 is 30.1 Å². The number of alkyl halides is 3. The number of halogens is 4. The molecule has 3 aromatic rings. The second kappa shape index (κ2) is 8.87. The van der Waals surface area contributed by atoms with Crippen molar-refractivity contribution in [3.05, 3.63) is 52.7 Å². The van der Waals surface area contributed by atoms with Crippen molar-refractivity contribution in [2.45, 2.75) is 32.4 Å². The van der Waals surface area contributed by atoms with Crippen molar-refractivity contribution >= 4 is 28.5 Å². The molecule has 9 heteroatoms. The van der Waals surface area contributed by atoms with Crippen molar-refractivity contribution in [2.75, 3.05) is 6.61 Å². The fourth-order valence-corrected chi connectivity index (χ4v) is 3.27. The lowest BCUT2D eigenvalue weighted by Gasteiger charge is -2.17. The van der Waals surface area contributed by atoms with Crippen LogP contribution in [0.25, 0.3) is 10.9 Å². The Balaban J connectivity index is 1.97. The fourth-order valence-electron chi connectivity index (χ4n) is 3.02. The van der Waals surface area contributed by atoms with Gasteiger partial charge in [0, 0.05) is 23.2 Å². The Morgan fingerprint density at radius 3 is 2.63 bits per heavy atom. The molecule has 0 aliphatic heterocycles. The number of aromatic amines is 1. The van der Waals surface area contributed by atoms with Crippen LogP contribution < -0.4 is 9.47 Å². The van der Waals surface area contributed by atoms with Gasteiger partial charge in [-0.15, -0.1) is 0 Å². The summed E-state index contributed by atoms with van der Waals surface area (Å²) >= 11 is 6.04. The molecule has 0 aliphatic rings. The van der Waals surface area contributed by atoms with Gasteiger partial charge in [0.05, 0.1) is 5.02 Å². The van der Waals surface area contributed by atoms with Crippen molar-refractivity contribution in [2.24, 2.45) is 0 Å². The summed E-state index contributed by atoms with van der Waals surface area (Å²) < 4.78 is 51.2. The van der Waals surface area contributed by atoms with E-state index in [1.807, 2.05) is 6.20 Å². The van der Waals surface area contributed by atoms with E-state index in [4.69, 9.17) is 26.2 Å². The first kappa shape index (κ1) is 21.8. The molecule has 0 saturated carbocycles. The van der Waals surface area contributed by atoms with Gasteiger partial charge in [-0.1, -0.05) is 24.9 Å². The van der Waals surface area contributed by atoms with Crippen molar-refractivity contribution in [1.29, 1.82) is 0 Å². The van der Waals surface area contributed by atoms with Crippen LogP contribution in [-0.2, 0) is 17.4 Å². The average molecular weight is 442 g/mol. The largest absolute Gasteiger partial charge is 0.482 e. The van der Waals surface area contributed by atoms with Crippen LogP contribution in [0, 0.1) is 0 Å². The van der Waals surface area contributed by atoms with Crippen LogP contribution in [0.5, 0.6) is 17.2 Å². The summed E-state index contributed by atoms with van der Waals surface area (Å²) in [5.74, 6) is -2.01. The fraction of sp³-hybridized carbons (Fsp3) is 0.286. The number of hydrogen-bond donors (Lipinski definition) is 2. The molecule has 2 N–H and O–H groups in total. The minimum absolute atomic E-state index is 0.200. The van der Waals surface area contributed by atoms with Gasteiger partial charge in [-0.05, 0) is 42.7 Å². The second-order valence-electron chi connectivity index (χ2n) is 6.69. The number of benzene rings is 2. The van der Waals surface area contributed by atoms with Gasteiger partial charge in [-0.25, -0.2) is 4.79 Å². The molecule has 0 radical (unpaired) electrons. The number of rotatable bonds is 8. The molecule has 0 atom stereocenters. The minimum Gasteiger partial charge on any atom is -0.482 e. The van der Waals surface area contributed by atoms with E-state index in [0.717, 1.165) is 41.8 Å². The van der Waals surface area contributed by atoms with Crippen LogP contribution in [0.2, 0.25) is 5.02 Å². The molecular weight excluding hydrogens is 423 g/mol. The smallest absolute Gasteiger partial charge is 0.420 e. The topological polar surface area (TPSA) is 71.5 Å². The van der Waals surface area contributed by atoms with E-state index in [9.17, 15) is 18.0 Å². The maximum Gasteiger partial charge on any atom is 0.420 e. The van der Waals surface area contributed by atoms with Crippen molar-refractivity contribution in [3.8, 4) is 17.2 Å². The number of nitrogens with one attached hydrogen (secondary N) is 1. The predicted octanol–water partition coefficient (Wildman–Crippen LogP) is 6.44. The Morgan fingerprint density at radius 2 is 1.97 bits per heavy atom. The van der Waals surface area contributed by atoms with E-state index in [-0.39, 0.29) is 16.5 Å². The molecule has 0 aliphatic carbocycles. The Labute approximate surface area is 175 Å². The first-order valence-corrected chi connectivity index (χ1v) is 9.60. The lowest BCUT2D eigenvalue weighted by Crippen LogP contribution is -2.12. The zero-order chi connectivity index (χ0) is 21.9. The van der Waals surface area contributed by atoms with E-state index >= 15 is 0 Å². The Morgan fingerprint density at radius 1 is 1.20 bits per heavy atom. The number of fused-ring (bicyclic) bond motifs is 1. The lowest BCUT2D eigenvalue weighted by atomic mass is 10.1. The molecule has 160 valence electrons. The van der Waals surface area contributed by atoms with E-state index in [0.29, 0.717) is 6.07 Å². The summed E-state index contributed by atoms with van der Waals surface area (Å²) in [6, 6.07) is 6.71. The zero-order valence-corrected chi connectivity index (χ0v) is 16.7. The summed E-state index contributed by atoms with van der Waals surface area (Å²) in [6.45, 7) is 1.28. The Bertz CT molecular complexity index is 1060. The van der Waals surface area contributed by atoms with Gasteiger partial charge >= 0.3 is 12.1 Å². The predicted molar refractivity (Wildman–Crippen MR) is 107 cm³/mol. The number of hydrogen-bond acceptors (Lipinski definition) is 3. The third-order valence-corrected chi connectivity index (χ3v) is 4.72. The van der Waals surface area contributed by atoms with Crippen LogP contribution in [-0.4, -0.2) is 22.7 Å². The molecule has 0 saturated heterocycles. The number of carbonyl (C=O) groups is 1. The van der Waals surface area contributed by atoms with Crippen molar-refractivity contribution in [3.63, 3.8) is 0 Å². The maximum atomic E-state index is 13.6. The van der Waals surface area contributed by atoms with Gasteiger partial charge < -0.3 is 19.6 Å². The Kier molecular flexibility index (Phi) is 6.45. The number of carboxylic acids is 1. The quantitative estimate of drug-likeness (QED) is 0.422. The second-order valence-corrected chi connectivity index (χ2v) is 7.10. The number of H-pyrrole nitrogens is 1. The number of aromatic nitrogens is 1. The monoisotopic (exact) mass is 441 g/mol. The standard InChI is InChI=1S/C21H19ClF3NO4/c1-2-3-4-12-10-26-18-6-5-13(7-15(12)18)30-20-16(21(23,24)25)8-14(9-17(20)22)29-11-19(27)28/h5-10,26H,2-4,11H2,1H3,(H,27,28). The average Bonchev–Trinajstić information content (AvgIpc) is 3.07. The lowest BCUT2D eigenvalue weighted by molar-refractivity contribution is -0.139. The summed E-state index contributed by atoms with van der Waals surface area (Å²) in [5.41, 5.74) is 0.751. The SMILES string of the molecule is CCCCc1c[nH]c2ccc(Oc3c(Cl)cc(OCC(=O)O)cc3C(F)(F)F)cc12. The summed E-state index contributed by atoms with van der Waals surface area (Å²) in [6.07, 6.45) is -0.0629. The van der Waals surface area contributed by atoms with Crippen LogP contribution in [0.1, 0.15) is 30.9 Å². The number of unbranched alkanes of at least 4 members (excludes halogenated alkanes) is 1. The summed E-state index contributed by atoms with van der Waals surface area (Å²) in [7, 11) is 0. The highest BCUT2D eigenvalue weighted by atomic mass is 35.5. The van der Waals surface area contributed by atoms with E-state index in [2.05, 4.69) is 11.9 Å². The highest BCUT2D eigenvalue weighted by molar-refractivity contribution is 6.32. The highest BCUT2D eigenvalue weighted by Gasteiger charge is 2.36. The van der Waals surface area contributed by atoms with Gasteiger partial charge in [0.1, 0.15) is 17.1 Å². The van der Waals surface area contributed by atoms with Gasteiger partial charge in [0.2, 0.25) is 0 Å². The molecule has 1 heterocycles. The van der Waals surface area contributed by atoms with Crippen LogP contribution >= 0.6 is 11.6 Å². The molecule has 5 nitrogen and oxygen atoms in total. The molecule has 30 heavy (non-hydrogen) atoms. The molecule has 2 aromatic carbocycles. The molecule has 1 aromatic heterocycles. The molecule has 0 unspecified atom stereocenters. The zero-order valence-electron chi connectivity index (χ0n) is 16.0. The maximum absolute atomic E-state index is 13.6. The molecule has 0 spiro atoms. The third kappa shape index (κ3) is 4.99. The van der Waals surface area contributed by atoms with Crippen LogP contribution in [0.4, 0.5) is 13.2 Å². The number of aliphatic carboxylic acids is 1. The van der Waals surface area contributed by atoms with Crippen molar-refractivity contribution < 1.29 is 32.5 Å². The van der Waals surface area contributed by atoms with Gasteiger partial charge in [-0.3, -0.25) is 0 Å². The minimum atomic E-state index is -4.79. The molecule has 0 fully saturated rings. The first-order valence-electron chi connectivity index (χ1n) is 9.22. The first-order chi connectivity index (χ1) is 14.2. The van der Waals surface area contributed by atoms with Gasteiger partial charge in [0.15, 0.2) is 12.4 Å². The van der Waals surface area contributed by atoms with Crippen LogP contribution in [0.15, 0.2) is 36.5 Å². The van der Waals surface area contributed by atoms with Gasteiger partial charge in [0.25, 0.3) is 0 Å². The van der Waals surface area contributed by atoms with Gasteiger partial charge in [-0.2, -0.15) is 13.2 Å². The van der Waals surface area contributed by atoms with Crippen LogP contribution in [0.3, 0.4) is 0 Å². The molecular formula is C21H19ClF3NO4.